The van der Waals surface area contributed by atoms with Crippen LogP contribution in [0.25, 0.3) is 0 Å². The molecule has 1 unspecified atom stereocenters. The Labute approximate surface area is 171 Å². The predicted octanol–water partition coefficient (Wildman–Crippen LogP) is 2.77. The first-order valence-corrected chi connectivity index (χ1v) is 10.4. The number of carboxylic acid groups (broad SMARTS) is 1. The van der Waals surface area contributed by atoms with E-state index in [0.717, 1.165) is 38.2 Å². The van der Waals surface area contributed by atoms with Gasteiger partial charge < -0.3 is 14.6 Å². The van der Waals surface area contributed by atoms with Crippen LogP contribution in [0, 0.1) is 5.92 Å². The van der Waals surface area contributed by atoms with Crippen LogP contribution in [0.2, 0.25) is 0 Å². The molecule has 0 amide bonds. The first-order chi connectivity index (χ1) is 14.0. The molecule has 0 saturated carbocycles. The summed E-state index contributed by atoms with van der Waals surface area (Å²) in [5.41, 5.74) is 2.38. The monoisotopic (exact) mass is 402 g/mol. The van der Waals surface area contributed by atoms with Gasteiger partial charge in [-0.3, -0.25) is 9.89 Å². The van der Waals surface area contributed by atoms with Crippen LogP contribution in [-0.4, -0.2) is 66.5 Å². The molecule has 2 atom stereocenters. The van der Waals surface area contributed by atoms with Crippen LogP contribution in [0.4, 0.5) is 0 Å². The van der Waals surface area contributed by atoms with Gasteiger partial charge >= 0.3 is 11.9 Å². The van der Waals surface area contributed by atoms with Gasteiger partial charge in [-0.05, 0) is 67.9 Å². The summed E-state index contributed by atoms with van der Waals surface area (Å²) in [6.07, 6.45) is 4.63. The number of benzene rings is 1. The van der Waals surface area contributed by atoms with Gasteiger partial charge in [0.2, 0.25) is 0 Å². The maximum Gasteiger partial charge on any atom is 0.417 e. The van der Waals surface area contributed by atoms with E-state index in [2.05, 4.69) is 28.9 Å². The van der Waals surface area contributed by atoms with Gasteiger partial charge in [0.1, 0.15) is 11.9 Å². The normalized spacial score (nSPS) is 22.6. The van der Waals surface area contributed by atoms with Gasteiger partial charge in [-0.15, -0.1) is 0 Å². The molecule has 1 saturated heterocycles. The van der Waals surface area contributed by atoms with Crippen LogP contribution in [0.3, 0.4) is 0 Å². The number of carbonyl (C=O) groups is 2. The van der Waals surface area contributed by atoms with Gasteiger partial charge in [0, 0.05) is 31.9 Å². The molecule has 1 N–H and O–H groups in total. The summed E-state index contributed by atoms with van der Waals surface area (Å²) >= 11 is 0. The lowest BCUT2D eigenvalue weighted by atomic mass is 9.97. The number of hydrogen-bond acceptors (Lipinski definition) is 6. The average Bonchev–Trinajstić information content (AvgIpc) is 2.72. The number of aliphatic carboxylic acids is 1. The van der Waals surface area contributed by atoms with E-state index in [-0.39, 0.29) is 6.10 Å². The second kappa shape index (κ2) is 10.4. The molecule has 158 valence electrons. The minimum atomic E-state index is -1.54. The molecule has 0 aromatic heterocycles. The van der Waals surface area contributed by atoms with Crippen molar-refractivity contribution in [2.24, 2.45) is 10.9 Å². The largest absolute Gasteiger partial charge is 0.494 e. The Balaban J connectivity index is 1.39. The summed E-state index contributed by atoms with van der Waals surface area (Å²) in [7, 11) is 0. The number of hydrogen-bond donors (Lipinski definition) is 1. The van der Waals surface area contributed by atoms with E-state index in [0.29, 0.717) is 25.5 Å². The maximum absolute atomic E-state index is 11.3. The fraction of sp³-hybridized carbons (Fsp3) is 0.591. The van der Waals surface area contributed by atoms with Gasteiger partial charge in [-0.1, -0.05) is 6.92 Å². The Bertz CT molecular complexity index is 731. The van der Waals surface area contributed by atoms with Crippen molar-refractivity contribution in [1.82, 2.24) is 4.90 Å². The Hall–Kier alpha value is -2.41. The lowest BCUT2D eigenvalue weighted by molar-refractivity contribution is -0.169. The molecule has 0 bridgehead atoms. The molecule has 0 radical (unpaired) electrons. The van der Waals surface area contributed by atoms with E-state index < -0.39 is 11.9 Å². The summed E-state index contributed by atoms with van der Waals surface area (Å²) < 4.78 is 10.9. The second-order valence-corrected chi connectivity index (χ2v) is 7.94. The molecule has 1 fully saturated rings. The van der Waals surface area contributed by atoms with Crippen molar-refractivity contribution in [2.45, 2.75) is 45.1 Å². The number of nitrogens with zero attached hydrogens (tertiary/aromatic N) is 2. The standard InChI is InChI=1S/C22H30N2O5/c1-16-13-19(29-22(27)21(25)26)15-24(14-16)11-4-12-28-18-8-6-17(7-9-18)20-5-2-3-10-23-20/h6-9,16,19H,2-5,10-15H2,1H3,(H,25,26)/t16-,19?/m1/s1. The number of aliphatic imine (C=N–C) groups is 1. The lowest BCUT2D eigenvalue weighted by Crippen LogP contribution is -2.45. The second-order valence-electron chi connectivity index (χ2n) is 7.94. The van der Waals surface area contributed by atoms with Gasteiger partial charge in [0.15, 0.2) is 0 Å². The molecular formula is C22H30N2O5. The van der Waals surface area contributed by atoms with E-state index in [1.807, 2.05) is 12.1 Å². The van der Waals surface area contributed by atoms with Crippen LogP contribution in [0.1, 0.15) is 44.6 Å². The summed E-state index contributed by atoms with van der Waals surface area (Å²) in [5, 5.41) is 8.71. The van der Waals surface area contributed by atoms with Crippen molar-refractivity contribution in [2.75, 3.05) is 32.8 Å². The summed E-state index contributed by atoms with van der Waals surface area (Å²) in [4.78, 5) is 28.8. The van der Waals surface area contributed by atoms with Crippen LogP contribution < -0.4 is 4.74 Å². The fourth-order valence-corrected chi connectivity index (χ4v) is 4.03. The summed E-state index contributed by atoms with van der Waals surface area (Å²) in [6.45, 7) is 5.92. The minimum absolute atomic E-state index is 0.353. The third-order valence-electron chi connectivity index (χ3n) is 5.34. The van der Waals surface area contributed by atoms with Crippen LogP contribution >= 0.6 is 0 Å². The van der Waals surface area contributed by atoms with Crippen molar-refractivity contribution in [3.05, 3.63) is 29.8 Å². The quantitative estimate of drug-likeness (QED) is 0.429. The molecular weight excluding hydrogens is 372 g/mol. The molecule has 0 spiro atoms. The Kier molecular flexibility index (Phi) is 7.63. The molecule has 2 heterocycles. The van der Waals surface area contributed by atoms with E-state index in [4.69, 9.17) is 14.6 Å². The van der Waals surface area contributed by atoms with E-state index in [1.165, 1.54) is 24.1 Å². The fourth-order valence-electron chi connectivity index (χ4n) is 4.03. The third kappa shape index (κ3) is 6.56. The summed E-state index contributed by atoms with van der Waals surface area (Å²) in [5.74, 6) is -1.50. The minimum Gasteiger partial charge on any atom is -0.494 e. The van der Waals surface area contributed by atoms with Crippen molar-refractivity contribution in [3.63, 3.8) is 0 Å². The first kappa shape index (κ1) is 21.3. The van der Waals surface area contributed by atoms with Gasteiger partial charge in [-0.25, -0.2) is 9.59 Å². The SMILES string of the molecule is C[C@@H]1CC(OC(=O)C(=O)O)CN(CCCOc2ccc(C3=NCCCC3)cc2)C1. The number of carbonyl (C=O) groups excluding carboxylic acids is 1. The number of esters is 1. The number of carboxylic acids is 1. The lowest BCUT2D eigenvalue weighted by Gasteiger charge is -2.35. The average molecular weight is 402 g/mol. The zero-order valence-electron chi connectivity index (χ0n) is 17.0. The van der Waals surface area contributed by atoms with Gasteiger partial charge in [-0.2, -0.15) is 0 Å². The van der Waals surface area contributed by atoms with Crippen molar-refractivity contribution in [1.29, 1.82) is 0 Å². The van der Waals surface area contributed by atoms with Crippen molar-refractivity contribution >= 4 is 17.7 Å². The topological polar surface area (TPSA) is 88.4 Å². The van der Waals surface area contributed by atoms with E-state index in [1.54, 1.807) is 0 Å². The molecule has 7 heteroatoms. The highest BCUT2D eigenvalue weighted by Crippen LogP contribution is 2.20. The molecule has 7 nitrogen and oxygen atoms in total. The Morgan fingerprint density at radius 3 is 2.69 bits per heavy atom. The van der Waals surface area contributed by atoms with Gasteiger partial charge in [0.05, 0.1) is 6.61 Å². The third-order valence-corrected chi connectivity index (χ3v) is 5.34. The van der Waals surface area contributed by atoms with Crippen LogP contribution in [0.5, 0.6) is 5.75 Å². The highest BCUT2D eigenvalue weighted by molar-refractivity contribution is 6.28. The number of ether oxygens (including phenoxy) is 2. The number of rotatable bonds is 7. The Morgan fingerprint density at radius 2 is 2.00 bits per heavy atom. The highest BCUT2D eigenvalue weighted by atomic mass is 16.6. The zero-order chi connectivity index (χ0) is 20.6. The van der Waals surface area contributed by atoms with Crippen molar-refractivity contribution < 1.29 is 24.2 Å². The molecule has 0 aliphatic carbocycles. The van der Waals surface area contributed by atoms with E-state index in [9.17, 15) is 9.59 Å². The summed E-state index contributed by atoms with van der Waals surface area (Å²) in [6, 6.07) is 8.15. The first-order valence-electron chi connectivity index (χ1n) is 10.4. The molecule has 2 aliphatic rings. The predicted molar refractivity (Wildman–Crippen MR) is 110 cm³/mol. The zero-order valence-corrected chi connectivity index (χ0v) is 17.0. The molecule has 3 rings (SSSR count). The van der Waals surface area contributed by atoms with E-state index >= 15 is 0 Å². The molecule has 1 aromatic carbocycles. The van der Waals surface area contributed by atoms with Crippen molar-refractivity contribution in [3.8, 4) is 5.75 Å². The maximum atomic E-state index is 11.3. The highest BCUT2D eigenvalue weighted by Gasteiger charge is 2.28. The number of likely N-dealkylation sites (tertiary alicyclic amines) is 1. The van der Waals surface area contributed by atoms with Crippen LogP contribution in [-0.2, 0) is 14.3 Å². The smallest absolute Gasteiger partial charge is 0.417 e. The van der Waals surface area contributed by atoms with Gasteiger partial charge in [0.25, 0.3) is 0 Å². The molecule has 2 aliphatic heterocycles. The molecule has 1 aromatic rings. The Morgan fingerprint density at radius 1 is 1.21 bits per heavy atom. The molecule has 29 heavy (non-hydrogen) atoms. The van der Waals surface area contributed by atoms with Crippen LogP contribution in [0.15, 0.2) is 29.3 Å². The number of piperidine rings is 1.